The molecule has 0 aliphatic carbocycles. The van der Waals surface area contributed by atoms with E-state index in [0.717, 1.165) is 12.1 Å². The summed E-state index contributed by atoms with van der Waals surface area (Å²) in [5.74, 6) is -0.371. The standard InChI is InChI=1S/C13H11F3N4O/c14-13(15,16)9-3-1-2-8(6-9)7-18-12(21)10-4-5-11(17)20-19-10/h1-6H,7H2,(H2,17,20)(H,18,21). The van der Waals surface area contributed by atoms with Crippen molar-refractivity contribution < 1.29 is 18.0 Å². The number of halogens is 3. The molecule has 8 heteroatoms. The Labute approximate surface area is 118 Å². The van der Waals surface area contributed by atoms with Crippen molar-refractivity contribution in [3.05, 3.63) is 53.2 Å². The van der Waals surface area contributed by atoms with Gasteiger partial charge in [-0.2, -0.15) is 13.2 Å². The van der Waals surface area contributed by atoms with Crippen LogP contribution in [0.3, 0.4) is 0 Å². The number of carbonyl (C=O) groups is 1. The van der Waals surface area contributed by atoms with E-state index in [9.17, 15) is 18.0 Å². The Balaban J connectivity index is 2.03. The molecule has 2 rings (SSSR count). The number of nitrogens with two attached hydrogens (primary N) is 1. The molecular formula is C13H11F3N4O. The van der Waals surface area contributed by atoms with Crippen LogP contribution in [0, 0.1) is 0 Å². The minimum absolute atomic E-state index is 0.0381. The quantitative estimate of drug-likeness (QED) is 0.908. The number of aromatic nitrogens is 2. The van der Waals surface area contributed by atoms with Gasteiger partial charge < -0.3 is 11.1 Å². The van der Waals surface area contributed by atoms with Gasteiger partial charge in [-0.15, -0.1) is 10.2 Å². The van der Waals surface area contributed by atoms with Gasteiger partial charge in [0.1, 0.15) is 5.82 Å². The highest BCUT2D eigenvalue weighted by Crippen LogP contribution is 2.29. The molecule has 1 aromatic carbocycles. The summed E-state index contributed by atoms with van der Waals surface area (Å²) < 4.78 is 37.7. The highest BCUT2D eigenvalue weighted by molar-refractivity contribution is 5.92. The first-order valence-electron chi connectivity index (χ1n) is 5.90. The second-order valence-electron chi connectivity index (χ2n) is 4.22. The lowest BCUT2D eigenvalue weighted by Crippen LogP contribution is -2.24. The number of benzene rings is 1. The van der Waals surface area contributed by atoms with E-state index in [0.29, 0.717) is 5.56 Å². The van der Waals surface area contributed by atoms with Crippen LogP contribution in [0.25, 0.3) is 0 Å². The minimum Gasteiger partial charge on any atom is -0.382 e. The molecule has 0 radical (unpaired) electrons. The monoisotopic (exact) mass is 296 g/mol. The van der Waals surface area contributed by atoms with Gasteiger partial charge >= 0.3 is 6.18 Å². The van der Waals surface area contributed by atoms with Gasteiger partial charge in [0.15, 0.2) is 5.69 Å². The number of nitrogens with zero attached hydrogens (tertiary/aromatic N) is 2. The van der Waals surface area contributed by atoms with Crippen LogP contribution in [0.1, 0.15) is 21.6 Å². The largest absolute Gasteiger partial charge is 0.416 e. The van der Waals surface area contributed by atoms with Crippen molar-refractivity contribution in [1.82, 2.24) is 15.5 Å². The summed E-state index contributed by atoms with van der Waals surface area (Å²) in [6, 6.07) is 7.51. The van der Waals surface area contributed by atoms with Gasteiger partial charge in [-0.05, 0) is 29.8 Å². The van der Waals surface area contributed by atoms with Crippen LogP contribution in [-0.2, 0) is 12.7 Å². The number of rotatable bonds is 3. The summed E-state index contributed by atoms with van der Waals surface area (Å²) >= 11 is 0. The molecular weight excluding hydrogens is 285 g/mol. The maximum atomic E-state index is 12.6. The van der Waals surface area contributed by atoms with Crippen LogP contribution < -0.4 is 11.1 Å². The summed E-state index contributed by atoms with van der Waals surface area (Å²) in [5, 5.41) is 9.56. The molecule has 1 amide bonds. The molecule has 2 aromatic rings. The molecule has 0 fully saturated rings. The molecule has 0 bridgehead atoms. The third kappa shape index (κ3) is 3.91. The minimum atomic E-state index is -4.41. The van der Waals surface area contributed by atoms with Crippen molar-refractivity contribution in [2.45, 2.75) is 12.7 Å². The lowest BCUT2D eigenvalue weighted by Gasteiger charge is -2.09. The zero-order valence-electron chi connectivity index (χ0n) is 10.7. The molecule has 0 saturated carbocycles. The average Bonchev–Trinajstić information content (AvgIpc) is 2.45. The van der Waals surface area contributed by atoms with E-state index in [2.05, 4.69) is 15.5 Å². The van der Waals surface area contributed by atoms with E-state index in [1.807, 2.05) is 0 Å². The molecule has 0 aliphatic heterocycles. The number of alkyl halides is 3. The molecule has 0 spiro atoms. The van der Waals surface area contributed by atoms with Crippen molar-refractivity contribution in [3.8, 4) is 0 Å². The van der Waals surface area contributed by atoms with Crippen LogP contribution in [0.2, 0.25) is 0 Å². The summed E-state index contributed by atoms with van der Waals surface area (Å²) in [5.41, 5.74) is 4.95. The van der Waals surface area contributed by atoms with E-state index >= 15 is 0 Å². The SMILES string of the molecule is Nc1ccc(C(=O)NCc2cccc(C(F)(F)F)c2)nn1. The van der Waals surface area contributed by atoms with E-state index in [4.69, 9.17) is 5.73 Å². The summed E-state index contributed by atoms with van der Waals surface area (Å²) in [6.45, 7) is -0.0468. The smallest absolute Gasteiger partial charge is 0.382 e. The Morgan fingerprint density at radius 1 is 1.19 bits per heavy atom. The van der Waals surface area contributed by atoms with Crippen LogP contribution in [0.4, 0.5) is 19.0 Å². The van der Waals surface area contributed by atoms with Crippen LogP contribution in [-0.4, -0.2) is 16.1 Å². The second-order valence-corrected chi connectivity index (χ2v) is 4.22. The Kier molecular flexibility index (Phi) is 4.06. The maximum Gasteiger partial charge on any atom is 0.416 e. The molecule has 0 unspecified atom stereocenters. The fourth-order valence-electron chi connectivity index (χ4n) is 1.59. The first-order valence-corrected chi connectivity index (χ1v) is 5.90. The van der Waals surface area contributed by atoms with Gasteiger partial charge in [-0.1, -0.05) is 12.1 Å². The summed E-state index contributed by atoms with van der Waals surface area (Å²) in [7, 11) is 0. The van der Waals surface area contributed by atoms with Crippen molar-refractivity contribution in [3.63, 3.8) is 0 Å². The van der Waals surface area contributed by atoms with Gasteiger partial charge in [0.05, 0.1) is 5.56 Å². The van der Waals surface area contributed by atoms with Gasteiger partial charge in [0, 0.05) is 6.54 Å². The maximum absolute atomic E-state index is 12.6. The summed E-state index contributed by atoms with van der Waals surface area (Å²) in [6.07, 6.45) is -4.41. The number of hydrogen-bond donors (Lipinski definition) is 2. The molecule has 0 atom stereocenters. The summed E-state index contributed by atoms with van der Waals surface area (Å²) in [4.78, 5) is 11.7. The molecule has 1 aromatic heterocycles. The first-order chi connectivity index (χ1) is 9.86. The third-order valence-electron chi connectivity index (χ3n) is 2.63. The number of hydrogen-bond acceptors (Lipinski definition) is 4. The lowest BCUT2D eigenvalue weighted by molar-refractivity contribution is -0.137. The van der Waals surface area contributed by atoms with E-state index in [1.54, 1.807) is 0 Å². The zero-order valence-corrected chi connectivity index (χ0v) is 10.7. The van der Waals surface area contributed by atoms with Gasteiger partial charge in [0.25, 0.3) is 5.91 Å². The highest BCUT2D eigenvalue weighted by Gasteiger charge is 2.30. The highest BCUT2D eigenvalue weighted by atomic mass is 19.4. The van der Waals surface area contributed by atoms with Gasteiger partial charge in [0.2, 0.25) is 0 Å². The van der Waals surface area contributed by atoms with Crippen molar-refractivity contribution in [1.29, 1.82) is 0 Å². The van der Waals surface area contributed by atoms with Crippen LogP contribution in [0.15, 0.2) is 36.4 Å². The number of anilines is 1. The van der Waals surface area contributed by atoms with E-state index in [1.165, 1.54) is 24.3 Å². The topological polar surface area (TPSA) is 80.9 Å². The van der Waals surface area contributed by atoms with Crippen molar-refractivity contribution in [2.75, 3.05) is 5.73 Å². The molecule has 110 valence electrons. The fourth-order valence-corrected chi connectivity index (χ4v) is 1.59. The molecule has 5 nitrogen and oxygen atoms in total. The van der Waals surface area contributed by atoms with E-state index < -0.39 is 17.6 Å². The van der Waals surface area contributed by atoms with Crippen LogP contribution in [0.5, 0.6) is 0 Å². The molecule has 0 aliphatic rings. The molecule has 3 N–H and O–H groups in total. The second kappa shape index (κ2) is 5.78. The van der Waals surface area contributed by atoms with Gasteiger partial charge in [-0.25, -0.2) is 0 Å². The third-order valence-corrected chi connectivity index (χ3v) is 2.63. The predicted molar refractivity (Wildman–Crippen MR) is 69.1 cm³/mol. The number of nitrogens with one attached hydrogen (secondary N) is 1. The first kappa shape index (κ1) is 14.8. The number of nitrogen functional groups attached to an aromatic ring is 1. The van der Waals surface area contributed by atoms with Crippen LogP contribution >= 0.6 is 0 Å². The van der Waals surface area contributed by atoms with Crippen molar-refractivity contribution >= 4 is 11.7 Å². The van der Waals surface area contributed by atoms with Gasteiger partial charge in [-0.3, -0.25) is 4.79 Å². The Morgan fingerprint density at radius 3 is 2.57 bits per heavy atom. The predicted octanol–water partition coefficient (Wildman–Crippen LogP) is 2.01. The Morgan fingerprint density at radius 2 is 1.95 bits per heavy atom. The molecule has 21 heavy (non-hydrogen) atoms. The van der Waals surface area contributed by atoms with Crippen molar-refractivity contribution in [2.24, 2.45) is 0 Å². The normalized spacial score (nSPS) is 11.2. The molecule has 0 saturated heterocycles. The average molecular weight is 296 g/mol. The number of amides is 1. The number of carbonyl (C=O) groups excluding carboxylic acids is 1. The van der Waals surface area contributed by atoms with E-state index in [-0.39, 0.29) is 18.1 Å². The molecule has 1 heterocycles. The fraction of sp³-hybridized carbons (Fsp3) is 0.154. The Hall–Kier alpha value is -2.64. The Bertz CT molecular complexity index is 641. The zero-order chi connectivity index (χ0) is 15.5. The lowest BCUT2D eigenvalue weighted by atomic mass is 10.1.